The second-order valence-electron chi connectivity index (χ2n) is 6.60. The van der Waals surface area contributed by atoms with Gasteiger partial charge in [0.25, 0.3) is 5.91 Å². The predicted octanol–water partition coefficient (Wildman–Crippen LogP) is 4.25. The summed E-state index contributed by atoms with van der Waals surface area (Å²) in [5.41, 5.74) is 0.0852. The number of ether oxygens (including phenoxy) is 2. The monoisotopic (exact) mass is 357 g/mol. The number of benzene rings is 2. The number of amides is 1. The van der Waals surface area contributed by atoms with Gasteiger partial charge in [-0.15, -0.1) is 0 Å². The summed E-state index contributed by atoms with van der Waals surface area (Å²) in [4.78, 5) is 12.6. The Morgan fingerprint density at radius 2 is 1.96 bits per heavy atom. The molecule has 0 bridgehead atoms. The molecule has 5 heteroatoms. The van der Waals surface area contributed by atoms with Crippen LogP contribution in [0, 0.1) is 0 Å². The minimum Gasteiger partial charge on any atom is -0.485 e. The first-order valence-corrected chi connectivity index (χ1v) is 9.01. The van der Waals surface area contributed by atoms with Gasteiger partial charge in [0.15, 0.2) is 11.8 Å². The number of carbonyl (C=O) groups is 1. The van der Waals surface area contributed by atoms with E-state index in [2.05, 4.69) is 5.32 Å². The van der Waals surface area contributed by atoms with Crippen molar-refractivity contribution in [1.82, 2.24) is 5.32 Å². The Kier molecular flexibility index (Phi) is 4.40. The second kappa shape index (κ2) is 6.70. The largest absolute Gasteiger partial charge is 0.485 e. The van der Waals surface area contributed by atoms with Gasteiger partial charge in [-0.25, -0.2) is 0 Å². The Morgan fingerprint density at radius 1 is 1.12 bits per heavy atom. The van der Waals surface area contributed by atoms with E-state index < -0.39 is 11.8 Å². The Labute approximate surface area is 152 Å². The smallest absolute Gasteiger partial charge is 0.256 e. The lowest BCUT2D eigenvalue weighted by Gasteiger charge is -2.40. The van der Waals surface area contributed by atoms with Crippen LogP contribution in [0.3, 0.4) is 0 Å². The topological polar surface area (TPSA) is 47.6 Å². The van der Waals surface area contributed by atoms with E-state index >= 15 is 0 Å². The van der Waals surface area contributed by atoms with Crippen molar-refractivity contribution in [1.29, 1.82) is 0 Å². The third kappa shape index (κ3) is 3.24. The summed E-state index contributed by atoms with van der Waals surface area (Å²) in [7, 11) is 0. The summed E-state index contributed by atoms with van der Waals surface area (Å²) in [6.07, 6.45) is 2.78. The van der Waals surface area contributed by atoms with Crippen molar-refractivity contribution < 1.29 is 14.3 Å². The highest BCUT2D eigenvalue weighted by Crippen LogP contribution is 2.41. The van der Waals surface area contributed by atoms with Gasteiger partial charge in [-0.1, -0.05) is 48.0 Å². The van der Waals surface area contributed by atoms with Crippen LogP contribution in [0.4, 0.5) is 0 Å². The van der Waals surface area contributed by atoms with Gasteiger partial charge < -0.3 is 14.8 Å². The summed E-state index contributed by atoms with van der Waals surface area (Å²) in [6.45, 7) is 0. The van der Waals surface area contributed by atoms with Crippen molar-refractivity contribution in [2.75, 3.05) is 0 Å². The second-order valence-corrected chi connectivity index (χ2v) is 7.03. The van der Waals surface area contributed by atoms with E-state index in [9.17, 15) is 4.79 Å². The van der Waals surface area contributed by atoms with Crippen LogP contribution in [0.5, 0.6) is 5.75 Å². The number of carbonyl (C=O) groups excluding carboxylic acids is 1. The molecule has 3 atom stereocenters. The molecule has 1 aliphatic carbocycles. The Hall–Kier alpha value is -2.04. The van der Waals surface area contributed by atoms with Crippen LogP contribution in [-0.4, -0.2) is 17.7 Å². The standard InChI is InChI=1S/C20H20ClNO3/c21-15-9-6-10-16(13-15)24-17-11-4-5-12-20(17)22-19(23)18(25-20)14-7-2-1-3-8-14/h1-3,6-10,13,17-18H,4-5,11-12H2,(H,22,23). The van der Waals surface area contributed by atoms with Crippen molar-refractivity contribution in [3.8, 4) is 5.75 Å². The Morgan fingerprint density at radius 3 is 2.76 bits per heavy atom. The lowest BCUT2D eigenvalue weighted by Crippen LogP contribution is -2.56. The molecule has 2 fully saturated rings. The van der Waals surface area contributed by atoms with Crippen LogP contribution in [0.1, 0.15) is 37.4 Å². The van der Waals surface area contributed by atoms with Gasteiger partial charge in [0.1, 0.15) is 11.9 Å². The minimum absolute atomic E-state index is 0.104. The third-order valence-corrected chi connectivity index (χ3v) is 5.10. The summed E-state index contributed by atoms with van der Waals surface area (Å²) in [5.74, 6) is 0.590. The molecule has 1 heterocycles. The van der Waals surface area contributed by atoms with Crippen molar-refractivity contribution >= 4 is 17.5 Å². The van der Waals surface area contributed by atoms with Gasteiger partial charge in [-0.3, -0.25) is 4.79 Å². The van der Waals surface area contributed by atoms with E-state index in [-0.39, 0.29) is 12.0 Å². The van der Waals surface area contributed by atoms with Crippen LogP contribution in [0.2, 0.25) is 5.02 Å². The average molecular weight is 358 g/mol. The molecule has 4 nitrogen and oxygen atoms in total. The normalized spacial score (nSPS) is 28.8. The quantitative estimate of drug-likeness (QED) is 0.893. The maximum absolute atomic E-state index is 12.6. The fourth-order valence-electron chi connectivity index (χ4n) is 3.66. The molecule has 130 valence electrons. The van der Waals surface area contributed by atoms with E-state index in [1.165, 1.54) is 0 Å². The zero-order valence-corrected chi connectivity index (χ0v) is 14.5. The van der Waals surface area contributed by atoms with Gasteiger partial charge in [-0.2, -0.15) is 0 Å². The first-order valence-electron chi connectivity index (χ1n) is 8.63. The molecule has 1 saturated carbocycles. The Balaban J connectivity index is 1.59. The fraction of sp³-hybridized carbons (Fsp3) is 0.350. The molecule has 1 N–H and O–H groups in total. The summed E-state index contributed by atoms with van der Waals surface area (Å²) in [5, 5.41) is 3.71. The van der Waals surface area contributed by atoms with Gasteiger partial charge >= 0.3 is 0 Å². The molecular formula is C20H20ClNO3. The highest BCUT2D eigenvalue weighted by Gasteiger charge is 2.53. The third-order valence-electron chi connectivity index (χ3n) is 4.86. The molecule has 25 heavy (non-hydrogen) atoms. The SMILES string of the molecule is O=C1NC2(CCCCC2Oc2cccc(Cl)c2)OC1c1ccccc1. The van der Waals surface area contributed by atoms with E-state index in [1.54, 1.807) is 6.07 Å². The van der Waals surface area contributed by atoms with E-state index in [0.29, 0.717) is 10.8 Å². The van der Waals surface area contributed by atoms with Crippen molar-refractivity contribution in [3.05, 3.63) is 65.2 Å². The van der Waals surface area contributed by atoms with Crippen molar-refractivity contribution in [3.63, 3.8) is 0 Å². The highest BCUT2D eigenvalue weighted by atomic mass is 35.5. The molecule has 2 aromatic rings. The highest BCUT2D eigenvalue weighted by molar-refractivity contribution is 6.30. The van der Waals surface area contributed by atoms with E-state index in [1.807, 2.05) is 48.5 Å². The predicted molar refractivity (Wildman–Crippen MR) is 95.5 cm³/mol. The van der Waals surface area contributed by atoms with Gasteiger partial charge in [0.05, 0.1) is 0 Å². The van der Waals surface area contributed by atoms with Crippen LogP contribution < -0.4 is 10.1 Å². The molecule has 1 spiro atoms. The molecule has 3 unspecified atom stereocenters. The molecule has 0 radical (unpaired) electrons. The summed E-state index contributed by atoms with van der Waals surface area (Å²) in [6, 6.07) is 16.9. The maximum Gasteiger partial charge on any atom is 0.256 e. The zero-order chi connectivity index (χ0) is 17.3. The molecule has 2 aliphatic rings. The molecule has 1 aliphatic heterocycles. The first kappa shape index (κ1) is 16.4. The van der Waals surface area contributed by atoms with Crippen LogP contribution >= 0.6 is 11.6 Å². The Bertz CT molecular complexity index is 767. The minimum atomic E-state index is -0.780. The first-order chi connectivity index (χ1) is 12.2. The number of nitrogens with one attached hydrogen (secondary N) is 1. The van der Waals surface area contributed by atoms with Crippen LogP contribution in [0.25, 0.3) is 0 Å². The van der Waals surface area contributed by atoms with Gasteiger partial charge in [0, 0.05) is 5.02 Å². The van der Waals surface area contributed by atoms with Gasteiger partial charge in [-0.05, 0) is 49.4 Å². The molecule has 1 saturated heterocycles. The number of rotatable bonds is 3. The van der Waals surface area contributed by atoms with Gasteiger partial charge in [0.2, 0.25) is 0 Å². The fourth-order valence-corrected chi connectivity index (χ4v) is 3.84. The van der Waals surface area contributed by atoms with Crippen molar-refractivity contribution in [2.24, 2.45) is 0 Å². The van der Waals surface area contributed by atoms with Crippen LogP contribution in [0.15, 0.2) is 54.6 Å². The lowest BCUT2D eigenvalue weighted by atomic mass is 9.89. The molecule has 2 aromatic carbocycles. The average Bonchev–Trinajstić information content (AvgIpc) is 2.95. The lowest BCUT2D eigenvalue weighted by molar-refractivity contribution is -0.139. The van der Waals surface area contributed by atoms with E-state index in [4.69, 9.17) is 21.1 Å². The molecule has 1 amide bonds. The number of hydrogen-bond acceptors (Lipinski definition) is 3. The van der Waals surface area contributed by atoms with Crippen molar-refractivity contribution in [2.45, 2.75) is 43.6 Å². The molecular weight excluding hydrogens is 338 g/mol. The number of halogens is 1. The summed E-state index contributed by atoms with van der Waals surface area (Å²) < 4.78 is 12.5. The zero-order valence-electron chi connectivity index (χ0n) is 13.8. The molecule has 0 aromatic heterocycles. The van der Waals surface area contributed by atoms with Crippen LogP contribution in [-0.2, 0) is 9.53 Å². The molecule has 4 rings (SSSR count). The maximum atomic E-state index is 12.6. The summed E-state index contributed by atoms with van der Waals surface area (Å²) >= 11 is 6.06. The number of hydrogen-bond donors (Lipinski definition) is 1. The van der Waals surface area contributed by atoms with E-state index in [0.717, 1.165) is 31.2 Å².